The van der Waals surface area contributed by atoms with Crippen molar-refractivity contribution < 1.29 is 39.6 Å². The number of para-hydroxylation sites is 1. The second-order valence-corrected chi connectivity index (χ2v) is 12.2. The first-order valence-electron chi connectivity index (χ1n) is 10.5. The lowest BCUT2D eigenvalue weighted by molar-refractivity contribution is -0.0500. The number of rotatable bonds is 7. The van der Waals surface area contributed by atoms with E-state index in [-0.39, 0.29) is 16.4 Å². The van der Waals surface area contributed by atoms with E-state index in [0.717, 1.165) is 31.7 Å². The van der Waals surface area contributed by atoms with Crippen LogP contribution in [0.2, 0.25) is 0 Å². The predicted molar refractivity (Wildman–Crippen MR) is 126 cm³/mol. The molecule has 2 N–H and O–H groups in total. The summed E-state index contributed by atoms with van der Waals surface area (Å²) < 4.78 is 94.1. The molecule has 7 nitrogen and oxygen atoms in total. The second kappa shape index (κ2) is 9.48. The van der Waals surface area contributed by atoms with Crippen LogP contribution in [-0.2, 0) is 10.1 Å². The third-order valence-electron chi connectivity index (χ3n) is 5.66. The van der Waals surface area contributed by atoms with Gasteiger partial charge < -0.3 is 13.8 Å². The molecule has 1 unspecified atom stereocenters. The molecule has 34 heavy (non-hydrogen) atoms. The molecule has 2 aromatic rings. The van der Waals surface area contributed by atoms with E-state index < -0.39 is 37.4 Å². The Morgan fingerprint density at radius 2 is 1.79 bits per heavy atom. The molecule has 0 aliphatic carbocycles. The Kier molecular flexibility index (Phi) is 7.38. The van der Waals surface area contributed by atoms with Crippen LogP contribution in [0.5, 0.6) is 11.5 Å². The first kappa shape index (κ1) is 26.5. The molecule has 0 spiro atoms. The van der Waals surface area contributed by atoms with Crippen molar-refractivity contribution in [2.75, 3.05) is 24.3 Å². The number of ether oxygens (including phenoxy) is 1. The van der Waals surface area contributed by atoms with Gasteiger partial charge in [0.15, 0.2) is 11.5 Å². The van der Waals surface area contributed by atoms with Crippen LogP contribution in [0.25, 0.3) is 0 Å². The van der Waals surface area contributed by atoms with E-state index in [1.807, 2.05) is 49.1 Å². The van der Waals surface area contributed by atoms with Crippen LogP contribution in [0.4, 0.5) is 24.5 Å². The SMILES string of the molecule is CCCCC1(C)CN(c2ccccc2)c2cc(OC)c(OS(=O)(=O)C(F)(F)F)cc2S(O)(O)C1. The number of methoxy groups -OCH3 is 1. The Morgan fingerprint density at radius 3 is 2.35 bits per heavy atom. The summed E-state index contributed by atoms with van der Waals surface area (Å²) in [6, 6.07) is 11.3. The molecule has 0 fully saturated rings. The normalized spacial score (nSPS) is 21.4. The average molecular weight is 524 g/mol. The molecule has 1 atom stereocenters. The number of fused-ring (bicyclic) bond motifs is 1. The maximum atomic E-state index is 13.0. The van der Waals surface area contributed by atoms with E-state index in [1.165, 1.54) is 6.07 Å². The zero-order chi connectivity index (χ0) is 25.4. The molecule has 0 bridgehead atoms. The second-order valence-electron chi connectivity index (χ2n) is 8.60. The number of hydrogen-bond acceptors (Lipinski definition) is 7. The summed E-state index contributed by atoms with van der Waals surface area (Å²) >= 11 is 0. The smallest absolute Gasteiger partial charge is 0.493 e. The highest BCUT2D eigenvalue weighted by Crippen LogP contribution is 2.61. The Bertz CT molecular complexity index is 1130. The number of alkyl halides is 3. The maximum absolute atomic E-state index is 13.0. The van der Waals surface area contributed by atoms with Gasteiger partial charge in [0.25, 0.3) is 0 Å². The van der Waals surface area contributed by atoms with Gasteiger partial charge in [0.2, 0.25) is 0 Å². The van der Waals surface area contributed by atoms with Crippen molar-refractivity contribution in [1.82, 2.24) is 0 Å². The van der Waals surface area contributed by atoms with E-state index in [9.17, 15) is 30.7 Å². The molecule has 12 heteroatoms. The van der Waals surface area contributed by atoms with Crippen LogP contribution in [0, 0.1) is 5.41 Å². The topological polar surface area (TPSA) is 96.3 Å². The molecule has 1 heterocycles. The van der Waals surface area contributed by atoms with E-state index in [4.69, 9.17) is 4.74 Å². The van der Waals surface area contributed by atoms with Gasteiger partial charge in [-0.15, -0.1) is 0 Å². The number of halogens is 3. The average Bonchev–Trinajstić information content (AvgIpc) is 2.83. The van der Waals surface area contributed by atoms with Crippen LogP contribution >= 0.6 is 10.6 Å². The number of benzene rings is 2. The summed E-state index contributed by atoms with van der Waals surface area (Å²) in [5, 5.41) is 0. The van der Waals surface area contributed by atoms with Gasteiger partial charge in [0.1, 0.15) is 0 Å². The molecule has 0 radical (unpaired) electrons. The van der Waals surface area contributed by atoms with Crippen molar-refractivity contribution in [3.05, 3.63) is 42.5 Å². The summed E-state index contributed by atoms with van der Waals surface area (Å²) in [6.07, 6.45) is 2.42. The Hall–Kier alpha value is -2.15. The van der Waals surface area contributed by atoms with Crippen LogP contribution in [0.1, 0.15) is 33.1 Å². The fourth-order valence-electron chi connectivity index (χ4n) is 4.06. The van der Waals surface area contributed by atoms with Crippen molar-refractivity contribution in [2.45, 2.75) is 43.5 Å². The van der Waals surface area contributed by atoms with Crippen LogP contribution in [0.3, 0.4) is 0 Å². The maximum Gasteiger partial charge on any atom is 0.534 e. The third kappa shape index (κ3) is 5.40. The predicted octanol–water partition coefficient (Wildman–Crippen LogP) is 6.38. The number of unbranched alkanes of at least 4 members (excludes halogenated alkanes) is 1. The minimum atomic E-state index is -6.00. The standard InChI is InChI=1S/C22H28F3NO6S2/c1-4-5-11-21(2)14-26(16-9-7-6-8-10-16)17-12-18(31-3)19(13-20(17)33(27,28)15-21)32-34(29,30)22(23,24)25/h6-10,12-13,27-28H,4-5,11,14-15H2,1-3H3. The van der Waals surface area contributed by atoms with E-state index in [2.05, 4.69) is 4.18 Å². The van der Waals surface area contributed by atoms with Crippen LogP contribution in [-0.4, -0.2) is 42.4 Å². The molecular formula is C22H28F3NO6S2. The fraction of sp³-hybridized carbons (Fsp3) is 0.455. The highest BCUT2D eigenvalue weighted by molar-refractivity contribution is 8.24. The molecule has 0 saturated heterocycles. The molecule has 190 valence electrons. The molecule has 0 amide bonds. The number of hydrogen-bond donors (Lipinski definition) is 2. The quantitative estimate of drug-likeness (QED) is 0.321. The molecular weight excluding hydrogens is 495 g/mol. The summed E-state index contributed by atoms with van der Waals surface area (Å²) in [7, 11) is -8.40. The highest BCUT2D eigenvalue weighted by atomic mass is 32.3. The van der Waals surface area contributed by atoms with Gasteiger partial charge in [-0.05, 0) is 18.6 Å². The summed E-state index contributed by atoms with van der Waals surface area (Å²) in [6.45, 7) is 4.35. The Balaban J connectivity index is 2.23. The largest absolute Gasteiger partial charge is 0.534 e. The fourth-order valence-corrected chi connectivity index (χ4v) is 6.69. The van der Waals surface area contributed by atoms with Crippen molar-refractivity contribution in [3.8, 4) is 11.5 Å². The lowest BCUT2D eigenvalue weighted by Gasteiger charge is -2.39. The van der Waals surface area contributed by atoms with Gasteiger partial charge in [-0.1, -0.05) is 44.9 Å². The third-order valence-corrected chi connectivity index (χ3v) is 8.76. The molecule has 0 saturated carbocycles. The number of nitrogens with zero attached hydrogens (tertiary/aromatic N) is 1. The van der Waals surface area contributed by atoms with Gasteiger partial charge in [-0.2, -0.15) is 32.2 Å². The lowest BCUT2D eigenvalue weighted by atomic mass is 9.86. The Labute approximate surface area is 199 Å². The molecule has 0 aromatic heterocycles. The van der Waals surface area contributed by atoms with Gasteiger partial charge in [-0.25, -0.2) is 0 Å². The van der Waals surface area contributed by atoms with Gasteiger partial charge in [0, 0.05) is 35.5 Å². The van der Waals surface area contributed by atoms with Gasteiger partial charge >= 0.3 is 15.6 Å². The van der Waals surface area contributed by atoms with Crippen LogP contribution < -0.4 is 13.8 Å². The summed E-state index contributed by atoms with van der Waals surface area (Å²) in [4.78, 5) is 1.74. The minimum Gasteiger partial charge on any atom is -0.493 e. The molecule has 3 rings (SSSR count). The monoisotopic (exact) mass is 523 g/mol. The molecule has 1 aliphatic heterocycles. The molecule has 2 aromatic carbocycles. The van der Waals surface area contributed by atoms with Gasteiger partial charge in [-0.3, -0.25) is 9.11 Å². The van der Waals surface area contributed by atoms with E-state index in [1.54, 1.807) is 0 Å². The Morgan fingerprint density at radius 1 is 1.15 bits per heavy atom. The van der Waals surface area contributed by atoms with E-state index in [0.29, 0.717) is 18.7 Å². The lowest BCUT2D eigenvalue weighted by Crippen LogP contribution is -2.35. The van der Waals surface area contributed by atoms with E-state index >= 15 is 0 Å². The van der Waals surface area contributed by atoms with Crippen LogP contribution in [0.15, 0.2) is 47.4 Å². The zero-order valence-electron chi connectivity index (χ0n) is 19.0. The highest BCUT2D eigenvalue weighted by Gasteiger charge is 2.49. The first-order chi connectivity index (χ1) is 15.7. The minimum absolute atomic E-state index is 0.0475. The van der Waals surface area contributed by atoms with Crippen molar-refractivity contribution in [2.24, 2.45) is 5.41 Å². The summed E-state index contributed by atoms with van der Waals surface area (Å²) in [5.74, 6) is -1.11. The van der Waals surface area contributed by atoms with Crippen molar-refractivity contribution >= 4 is 32.1 Å². The van der Waals surface area contributed by atoms with Crippen molar-refractivity contribution in [1.29, 1.82) is 0 Å². The first-order valence-corrected chi connectivity index (χ1v) is 13.7. The number of anilines is 2. The molecule has 1 aliphatic rings. The van der Waals surface area contributed by atoms with Gasteiger partial charge in [0.05, 0.1) is 17.7 Å². The summed E-state index contributed by atoms with van der Waals surface area (Å²) in [5.41, 5.74) is -5.21. The zero-order valence-corrected chi connectivity index (χ0v) is 20.6. The van der Waals surface area contributed by atoms with Crippen molar-refractivity contribution in [3.63, 3.8) is 0 Å².